The van der Waals surface area contributed by atoms with Crippen LogP contribution in [0.3, 0.4) is 0 Å². The van der Waals surface area contributed by atoms with E-state index in [2.05, 4.69) is 4.99 Å². The zero-order chi connectivity index (χ0) is 15.0. The van der Waals surface area contributed by atoms with Crippen molar-refractivity contribution in [3.8, 4) is 0 Å². The molecule has 2 saturated heterocycles. The number of fused-ring (bicyclic) bond motifs is 1. The molecule has 0 spiro atoms. The standard InChI is InChI=1S/C14H16N2O3S2/c1-16-11-8-21(18,19)9-12(11)20-14(16)15-13(17)7-10-5-3-2-4-6-10/h2-6,11-12H,7-9H2,1H3/t11-,12-/m0/s1. The van der Waals surface area contributed by atoms with Gasteiger partial charge in [-0.2, -0.15) is 4.99 Å². The topological polar surface area (TPSA) is 66.8 Å². The highest BCUT2D eigenvalue weighted by Crippen LogP contribution is 2.36. The molecule has 3 rings (SSSR count). The Morgan fingerprint density at radius 1 is 1.33 bits per heavy atom. The molecule has 2 atom stereocenters. The zero-order valence-electron chi connectivity index (χ0n) is 11.6. The number of amides is 1. The Labute approximate surface area is 128 Å². The maximum atomic E-state index is 12.0. The second kappa shape index (κ2) is 5.46. The molecular formula is C14H16N2O3S2. The molecule has 1 amide bonds. The lowest BCUT2D eigenvalue weighted by Gasteiger charge is -2.17. The minimum Gasteiger partial charge on any atom is -0.349 e. The van der Waals surface area contributed by atoms with Crippen LogP contribution >= 0.6 is 11.8 Å². The molecule has 2 heterocycles. The largest absolute Gasteiger partial charge is 0.349 e. The summed E-state index contributed by atoms with van der Waals surface area (Å²) >= 11 is 1.41. The molecule has 1 aromatic carbocycles. The summed E-state index contributed by atoms with van der Waals surface area (Å²) in [6, 6.07) is 9.42. The average molecular weight is 324 g/mol. The summed E-state index contributed by atoms with van der Waals surface area (Å²) in [5.74, 6) is 0.143. The van der Waals surface area contributed by atoms with Gasteiger partial charge in [-0.25, -0.2) is 8.42 Å². The summed E-state index contributed by atoms with van der Waals surface area (Å²) in [4.78, 5) is 18.0. The minimum atomic E-state index is -2.94. The van der Waals surface area contributed by atoms with E-state index in [0.29, 0.717) is 5.17 Å². The van der Waals surface area contributed by atoms with Crippen LogP contribution in [0.15, 0.2) is 35.3 Å². The van der Waals surface area contributed by atoms with E-state index < -0.39 is 9.84 Å². The van der Waals surface area contributed by atoms with Gasteiger partial charge in [-0.3, -0.25) is 4.79 Å². The number of hydrogen-bond donors (Lipinski definition) is 0. The summed E-state index contributed by atoms with van der Waals surface area (Å²) in [5.41, 5.74) is 0.931. The lowest BCUT2D eigenvalue weighted by Crippen LogP contribution is -2.34. The normalized spacial score (nSPS) is 28.8. The lowest BCUT2D eigenvalue weighted by atomic mass is 10.1. The van der Waals surface area contributed by atoms with Gasteiger partial charge in [0.25, 0.3) is 5.91 Å². The van der Waals surface area contributed by atoms with Crippen LogP contribution in [0.25, 0.3) is 0 Å². The number of aliphatic imine (C=N–C) groups is 1. The quantitative estimate of drug-likeness (QED) is 0.810. The Balaban J connectivity index is 1.70. The van der Waals surface area contributed by atoms with Crippen molar-refractivity contribution < 1.29 is 13.2 Å². The fraction of sp³-hybridized carbons (Fsp3) is 0.429. The van der Waals surface area contributed by atoms with Gasteiger partial charge in [0, 0.05) is 12.3 Å². The first-order valence-electron chi connectivity index (χ1n) is 6.70. The maximum absolute atomic E-state index is 12.0. The molecule has 112 valence electrons. The molecule has 21 heavy (non-hydrogen) atoms. The molecule has 0 bridgehead atoms. The summed E-state index contributed by atoms with van der Waals surface area (Å²) < 4.78 is 23.2. The zero-order valence-corrected chi connectivity index (χ0v) is 13.2. The molecule has 0 saturated carbocycles. The van der Waals surface area contributed by atoms with Crippen molar-refractivity contribution in [1.29, 1.82) is 0 Å². The first kappa shape index (κ1) is 14.6. The molecule has 2 aliphatic heterocycles. The SMILES string of the molecule is CN1C(=NC(=O)Cc2ccccc2)S[C@H]2CS(=O)(=O)C[C@@H]21. The van der Waals surface area contributed by atoms with E-state index in [0.717, 1.165) is 5.56 Å². The third-order valence-electron chi connectivity index (χ3n) is 3.75. The highest BCUT2D eigenvalue weighted by Gasteiger charge is 2.47. The van der Waals surface area contributed by atoms with Gasteiger partial charge in [0.15, 0.2) is 15.0 Å². The Bertz CT molecular complexity index is 685. The van der Waals surface area contributed by atoms with Crippen LogP contribution in [-0.2, 0) is 21.1 Å². The van der Waals surface area contributed by atoms with Crippen LogP contribution in [0.1, 0.15) is 5.56 Å². The predicted molar refractivity (Wildman–Crippen MR) is 84.2 cm³/mol. The number of rotatable bonds is 2. The molecular weight excluding hydrogens is 308 g/mol. The summed E-state index contributed by atoms with van der Waals surface area (Å²) in [6.45, 7) is 0. The van der Waals surface area contributed by atoms with Gasteiger partial charge in [-0.15, -0.1) is 0 Å². The maximum Gasteiger partial charge on any atom is 0.252 e. The van der Waals surface area contributed by atoms with Crippen LogP contribution in [0.5, 0.6) is 0 Å². The van der Waals surface area contributed by atoms with Gasteiger partial charge in [0.1, 0.15) is 0 Å². The van der Waals surface area contributed by atoms with Crippen LogP contribution in [0, 0.1) is 0 Å². The monoisotopic (exact) mass is 324 g/mol. The summed E-state index contributed by atoms with van der Waals surface area (Å²) in [5, 5.41) is 0.643. The molecule has 1 aromatic rings. The van der Waals surface area contributed by atoms with E-state index in [1.165, 1.54) is 11.8 Å². The van der Waals surface area contributed by atoms with Gasteiger partial charge in [-0.1, -0.05) is 42.1 Å². The summed E-state index contributed by atoms with van der Waals surface area (Å²) in [7, 11) is -1.13. The predicted octanol–water partition coefficient (Wildman–Crippen LogP) is 0.956. The van der Waals surface area contributed by atoms with E-state index in [-0.39, 0.29) is 35.1 Å². The van der Waals surface area contributed by atoms with Crippen molar-refractivity contribution in [2.75, 3.05) is 18.6 Å². The van der Waals surface area contributed by atoms with Crippen molar-refractivity contribution in [1.82, 2.24) is 4.90 Å². The molecule has 2 fully saturated rings. The van der Waals surface area contributed by atoms with Crippen molar-refractivity contribution in [2.24, 2.45) is 4.99 Å². The number of carbonyl (C=O) groups is 1. The number of benzene rings is 1. The Morgan fingerprint density at radius 2 is 2.05 bits per heavy atom. The summed E-state index contributed by atoms with van der Waals surface area (Å²) in [6.07, 6.45) is 0.270. The fourth-order valence-electron chi connectivity index (χ4n) is 2.65. The Morgan fingerprint density at radius 3 is 2.71 bits per heavy atom. The van der Waals surface area contributed by atoms with Gasteiger partial charge in [-0.05, 0) is 5.56 Å². The number of nitrogens with zero attached hydrogens (tertiary/aromatic N) is 2. The van der Waals surface area contributed by atoms with Crippen LogP contribution in [-0.4, -0.2) is 54.2 Å². The number of thioether (sulfide) groups is 1. The van der Waals surface area contributed by atoms with Gasteiger partial charge < -0.3 is 4.90 Å². The Kier molecular flexibility index (Phi) is 3.79. The number of amidine groups is 1. The van der Waals surface area contributed by atoms with Crippen molar-refractivity contribution >= 4 is 32.7 Å². The third-order valence-corrected chi connectivity index (χ3v) is 7.05. The number of sulfone groups is 1. The molecule has 0 unspecified atom stereocenters. The molecule has 0 aromatic heterocycles. The van der Waals surface area contributed by atoms with Gasteiger partial charge in [0.05, 0.1) is 24.0 Å². The molecule has 5 nitrogen and oxygen atoms in total. The van der Waals surface area contributed by atoms with Gasteiger partial charge in [0.2, 0.25) is 0 Å². The minimum absolute atomic E-state index is 0.00303. The van der Waals surface area contributed by atoms with Crippen molar-refractivity contribution in [3.05, 3.63) is 35.9 Å². The van der Waals surface area contributed by atoms with E-state index in [9.17, 15) is 13.2 Å². The van der Waals surface area contributed by atoms with Crippen LogP contribution in [0.4, 0.5) is 0 Å². The number of carbonyl (C=O) groups excluding carboxylic acids is 1. The second-order valence-corrected chi connectivity index (χ2v) is 8.72. The fourth-order valence-corrected chi connectivity index (χ4v) is 6.67. The molecule has 0 radical (unpaired) electrons. The number of hydrogen-bond acceptors (Lipinski definition) is 4. The smallest absolute Gasteiger partial charge is 0.252 e. The van der Waals surface area contributed by atoms with E-state index in [4.69, 9.17) is 0 Å². The van der Waals surface area contributed by atoms with Crippen molar-refractivity contribution in [2.45, 2.75) is 17.7 Å². The van der Waals surface area contributed by atoms with E-state index >= 15 is 0 Å². The van der Waals surface area contributed by atoms with Gasteiger partial charge >= 0.3 is 0 Å². The Hall–Kier alpha value is -1.34. The average Bonchev–Trinajstić information content (AvgIpc) is 2.85. The van der Waals surface area contributed by atoms with Crippen LogP contribution in [0.2, 0.25) is 0 Å². The molecule has 7 heteroatoms. The first-order valence-corrected chi connectivity index (χ1v) is 9.40. The highest BCUT2D eigenvalue weighted by atomic mass is 32.2. The van der Waals surface area contributed by atoms with E-state index in [1.807, 2.05) is 42.3 Å². The first-order chi connectivity index (χ1) is 9.94. The highest BCUT2D eigenvalue weighted by molar-refractivity contribution is 8.15. The van der Waals surface area contributed by atoms with Crippen molar-refractivity contribution in [3.63, 3.8) is 0 Å². The molecule has 0 N–H and O–H groups in total. The second-order valence-electron chi connectivity index (χ2n) is 5.36. The third kappa shape index (κ3) is 3.13. The van der Waals surface area contributed by atoms with E-state index in [1.54, 1.807) is 0 Å². The molecule has 0 aliphatic carbocycles. The lowest BCUT2D eigenvalue weighted by molar-refractivity contribution is -0.117. The van der Waals surface area contributed by atoms with Crippen LogP contribution < -0.4 is 0 Å². The molecule has 2 aliphatic rings.